The van der Waals surface area contributed by atoms with Gasteiger partial charge in [-0.1, -0.05) is 0 Å². The summed E-state index contributed by atoms with van der Waals surface area (Å²) in [6, 6.07) is 0. The van der Waals surface area contributed by atoms with Crippen molar-refractivity contribution in [2.24, 2.45) is 0 Å². The van der Waals surface area contributed by atoms with Crippen LogP contribution in [0.1, 0.15) is 6.92 Å². The first kappa shape index (κ1) is 22.8. The van der Waals surface area contributed by atoms with Crippen molar-refractivity contribution in [2.75, 3.05) is 0 Å². The van der Waals surface area contributed by atoms with Crippen LogP contribution in [-0.2, 0) is 9.59 Å². The molecule has 0 aliphatic carbocycles. The third-order valence-electron chi connectivity index (χ3n) is 0. The van der Waals surface area contributed by atoms with Crippen molar-refractivity contribution in [1.29, 1.82) is 0 Å². The number of rotatable bonds is 0. The average molecular weight is 213 g/mol. The molecule has 5 nitrogen and oxygen atoms in total. The second kappa shape index (κ2) is 23.8. The van der Waals surface area contributed by atoms with E-state index in [4.69, 9.17) is 19.8 Å². The van der Waals surface area contributed by atoms with Crippen molar-refractivity contribution >= 4 is 57.9 Å². The van der Waals surface area contributed by atoms with Crippen molar-refractivity contribution < 1.29 is 19.8 Å². The standard InChI is InChI=1S/C2H4O2.CH2O2.H3N.Sr.2H/c1-2(3)4;2-1-3;;;;/h1H3,(H,3,4);1H,(H,2,3);1H3;;;. The molecule has 9 heavy (non-hydrogen) atoms. The van der Waals surface area contributed by atoms with Gasteiger partial charge in [-0.05, 0) is 0 Å². The van der Waals surface area contributed by atoms with Gasteiger partial charge in [0.05, 0.1) is 0 Å². The molecule has 0 rings (SSSR count). The normalized spacial score (nSPS) is 4.11. The second-order valence-electron chi connectivity index (χ2n) is 0.624. The predicted octanol–water partition coefficient (Wildman–Crippen LogP) is -0.963. The molecular weight excluding hydrogens is 202 g/mol. The molecule has 54 valence electrons. The molecule has 0 aliphatic heterocycles. The number of carbonyl (C=O) groups is 2. The molecule has 0 saturated carbocycles. The molecule has 0 amide bonds. The summed E-state index contributed by atoms with van der Waals surface area (Å²) in [6.07, 6.45) is 0. The number of hydrogen-bond donors (Lipinski definition) is 3. The molecule has 0 atom stereocenters. The number of hydrogen-bond acceptors (Lipinski definition) is 3. The summed E-state index contributed by atoms with van der Waals surface area (Å²) in [5.41, 5.74) is 0. The molecule has 6 heteroatoms. The predicted molar refractivity (Wildman–Crippen MR) is 35.6 cm³/mol. The van der Waals surface area contributed by atoms with E-state index in [1.165, 1.54) is 0 Å². The van der Waals surface area contributed by atoms with Crippen LogP contribution in [0, 0.1) is 0 Å². The Morgan fingerprint density at radius 1 is 1.56 bits per heavy atom. The average Bonchev–Trinajstić information content (AvgIpc) is 1.33. The summed E-state index contributed by atoms with van der Waals surface area (Å²) >= 11 is 0. The Labute approximate surface area is 89.9 Å². The summed E-state index contributed by atoms with van der Waals surface area (Å²) in [4.78, 5) is 17.4. The van der Waals surface area contributed by atoms with E-state index in [9.17, 15) is 0 Å². The van der Waals surface area contributed by atoms with Gasteiger partial charge < -0.3 is 16.4 Å². The first-order chi connectivity index (χ1) is 3.15. The molecule has 0 radical (unpaired) electrons. The van der Waals surface area contributed by atoms with Crippen LogP contribution in [0.5, 0.6) is 0 Å². The van der Waals surface area contributed by atoms with Crippen LogP contribution in [0.4, 0.5) is 0 Å². The van der Waals surface area contributed by atoms with Crippen molar-refractivity contribution in [2.45, 2.75) is 6.92 Å². The maximum absolute atomic E-state index is 9.00. The molecular formula is C3H11NO4Sr. The molecule has 0 unspecified atom stereocenters. The Kier molecular flexibility index (Phi) is 60.2. The van der Waals surface area contributed by atoms with E-state index in [0.29, 0.717) is 0 Å². The van der Waals surface area contributed by atoms with E-state index in [2.05, 4.69) is 0 Å². The van der Waals surface area contributed by atoms with Gasteiger partial charge in [-0.2, -0.15) is 0 Å². The minimum absolute atomic E-state index is 0. The van der Waals surface area contributed by atoms with Gasteiger partial charge in [-0.25, -0.2) is 0 Å². The first-order valence-corrected chi connectivity index (χ1v) is 1.42. The third kappa shape index (κ3) is 2360. The molecule has 5 N–H and O–H groups in total. The Morgan fingerprint density at radius 2 is 1.56 bits per heavy atom. The molecule has 0 aliphatic rings. The van der Waals surface area contributed by atoms with Crippen molar-refractivity contribution in [3.05, 3.63) is 0 Å². The van der Waals surface area contributed by atoms with E-state index in [0.717, 1.165) is 6.92 Å². The fourth-order valence-corrected chi connectivity index (χ4v) is 0. The first-order valence-electron chi connectivity index (χ1n) is 1.42. The molecule has 0 heterocycles. The quantitative estimate of drug-likeness (QED) is 0.354. The van der Waals surface area contributed by atoms with Crippen LogP contribution >= 0.6 is 0 Å². The molecule has 0 aromatic heterocycles. The zero-order valence-electron chi connectivity index (χ0n) is 4.50. The van der Waals surface area contributed by atoms with Gasteiger partial charge in [0.1, 0.15) is 0 Å². The minimum atomic E-state index is -0.833. The van der Waals surface area contributed by atoms with Crippen LogP contribution in [0.15, 0.2) is 0 Å². The summed E-state index contributed by atoms with van der Waals surface area (Å²) in [7, 11) is 0. The Bertz CT molecular complexity index is 62.8. The summed E-state index contributed by atoms with van der Waals surface area (Å²) in [5, 5.41) is 14.3. The summed E-state index contributed by atoms with van der Waals surface area (Å²) in [5.74, 6) is -0.833. The van der Waals surface area contributed by atoms with Crippen molar-refractivity contribution in [1.82, 2.24) is 6.15 Å². The number of carboxylic acids is 1. The van der Waals surface area contributed by atoms with E-state index in [-0.39, 0.29) is 58.1 Å². The number of aliphatic carboxylic acids is 1. The molecule has 0 spiro atoms. The fourth-order valence-electron chi connectivity index (χ4n) is 0. The summed E-state index contributed by atoms with van der Waals surface area (Å²) in [6.45, 7) is 0.833. The van der Waals surface area contributed by atoms with E-state index in [1.54, 1.807) is 0 Å². The van der Waals surface area contributed by atoms with E-state index in [1.807, 2.05) is 0 Å². The van der Waals surface area contributed by atoms with Gasteiger partial charge in [0.15, 0.2) is 0 Å². The Morgan fingerprint density at radius 3 is 1.56 bits per heavy atom. The maximum atomic E-state index is 9.00. The molecule has 0 bridgehead atoms. The van der Waals surface area contributed by atoms with Gasteiger partial charge in [0, 0.05) is 6.92 Å². The van der Waals surface area contributed by atoms with E-state index < -0.39 is 5.97 Å². The fraction of sp³-hybridized carbons (Fsp3) is 0.333. The SMILES string of the molecule is CC(=O)O.N.O=CO.[SrH2]. The van der Waals surface area contributed by atoms with Gasteiger partial charge in [-0.15, -0.1) is 0 Å². The molecule has 0 fully saturated rings. The van der Waals surface area contributed by atoms with Crippen LogP contribution < -0.4 is 6.15 Å². The van der Waals surface area contributed by atoms with Crippen molar-refractivity contribution in [3.8, 4) is 0 Å². The zero-order valence-corrected chi connectivity index (χ0v) is 4.50. The zero-order chi connectivity index (χ0) is 6.28. The van der Waals surface area contributed by atoms with Gasteiger partial charge >= 0.3 is 45.5 Å². The number of carboxylic acid groups (broad SMARTS) is 2. The van der Waals surface area contributed by atoms with Crippen LogP contribution in [-0.4, -0.2) is 68.1 Å². The van der Waals surface area contributed by atoms with Crippen LogP contribution in [0.3, 0.4) is 0 Å². The Hall–Kier alpha value is 0.381. The second-order valence-corrected chi connectivity index (χ2v) is 0.624. The van der Waals surface area contributed by atoms with Gasteiger partial charge in [-0.3, -0.25) is 9.59 Å². The molecule has 0 aromatic carbocycles. The van der Waals surface area contributed by atoms with Crippen LogP contribution in [0.25, 0.3) is 0 Å². The van der Waals surface area contributed by atoms with Gasteiger partial charge in [0.25, 0.3) is 12.4 Å². The van der Waals surface area contributed by atoms with Crippen molar-refractivity contribution in [3.63, 3.8) is 0 Å². The summed E-state index contributed by atoms with van der Waals surface area (Å²) < 4.78 is 0. The topological polar surface area (TPSA) is 110 Å². The Balaban J connectivity index is -0.0000000233. The van der Waals surface area contributed by atoms with E-state index >= 15 is 0 Å². The molecule has 0 aromatic rings. The van der Waals surface area contributed by atoms with Crippen LogP contribution in [0.2, 0.25) is 0 Å². The monoisotopic (exact) mass is 213 g/mol. The van der Waals surface area contributed by atoms with Gasteiger partial charge in [0.2, 0.25) is 0 Å². The third-order valence-corrected chi connectivity index (χ3v) is 0. The molecule has 0 saturated heterocycles.